The van der Waals surface area contributed by atoms with Gasteiger partial charge in [0, 0.05) is 16.2 Å². The molecule has 0 fully saturated rings. The Balaban J connectivity index is 1.99. The van der Waals surface area contributed by atoms with Gasteiger partial charge in [-0.25, -0.2) is 0 Å². The molecule has 0 bridgehead atoms. The summed E-state index contributed by atoms with van der Waals surface area (Å²) in [5.74, 6) is 6.86. The predicted octanol–water partition coefficient (Wildman–Crippen LogP) is 2.92. The van der Waals surface area contributed by atoms with Crippen LogP contribution >= 0.6 is 46.2 Å². The molecule has 2 N–H and O–H groups in total. The first-order valence-corrected chi connectivity index (χ1v) is 8.99. The molecule has 0 atom stereocenters. The van der Waals surface area contributed by atoms with Gasteiger partial charge in [0.2, 0.25) is 0 Å². The zero-order valence-corrected chi connectivity index (χ0v) is 12.9. The van der Waals surface area contributed by atoms with E-state index >= 15 is 0 Å². The van der Waals surface area contributed by atoms with Gasteiger partial charge >= 0.3 is 0 Å². The van der Waals surface area contributed by atoms with Crippen molar-refractivity contribution in [1.82, 2.24) is 10.2 Å². The van der Waals surface area contributed by atoms with Crippen molar-refractivity contribution in [3.05, 3.63) is 21.9 Å². The molecule has 0 aliphatic carbocycles. The first-order valence-electron chi connectivity index (χ1n) is 5.09. The molecule has 2 aromatic rings. The molecule has 3 nitrogen and oxygen atoms in total. The number of hydrogen-bond acceptors (Lipinski definition) is 7. The zero-order chi connectivity index (χ0) is 12.8. The minimum absolute atomic E-state index is 0.399. The van der Waals surface area contributed by atoms with Crippen molar-refractivity contribution in [2.45, 2.75) is 14.4 Å². The third-order valence-electron chi connectivity index (χ3n) is 1.96. The normalized spacial score (nSPS) is 10.1. The van der Waals surface area contributed by atoms with E-state index in [2.05, 4.69) is 27.4 Å². The Morgan fingerprint density at radius 3 is 2.94 bits per heavy atom. The van der Waals surface area contributed by atoms with E-state index in [1.807, 2.05) is 12.3 Å². The molecule has 2 aromatic heterocycles. The highest BCUT2D eigenvalue weighted by Crippen LogP contribution is 2.31. The number of rotatable bonds is 4. The molecule has 0 unspecified atom stereocenters. The molecule has 0 aliphatic heterocycles. The second-order valence-electron chi connectivity index (χ2n) is 3.09. The lowest BCUT2D eigenvalue weighted by Gasteiger charge is -1.95. The van der Waals surface area contributed by atoms with Crippen LogP contribution in [0.3, 0.4) is 0 Å². The average molecular weight is 313 g/mol. The lowest BCUT2D eigenvalue weighted by Crippen LogP contribution is -1.93. The summed E-state index contributed by atoms with van der Waals surface area (Å²) in [6.07, 6.45) is 2.01. The lowest BCUT2D eigenvalue weighted by atomic mass is 10.3. The predicted molar refractivity (Wildman–Crippen MR) is 81.5 cm³/mol. The third kappa shape index (κ3) is 3.73. The van der Waals surface area contributed by atoms with Crippen LogP contribution in [0.2, 0.25) is 0 Å². The van der Waals surface area contributed by atoms with Crippen LogP contribution in [0.5, 0.6) is 0 Å². The van der Waals surface area contributed by atoms with Crippen molar-refractivity contribution in [3.63, 3.8) is 0 Å². The maximum atomic E-state index is 5.38. The summed E-state index contributed by atoms with van der Waals surface area (Å²) in [5.41, 5.74) is 6.46. The van der Waals surface area contributed by atoms with E-state index in [-0.39, 0.29) is 0 Å². The van der Waals surface area contributed by atoms with E-state index in [1.165, 1.54) is 4.88 Å². The Bertz CT molecular complexity index is 564. The van der Waals surface area contributed by atoms with Crippen LogP contribution in [0.25, 0.3) is 0 Å². The highest BCUT2D eigenvalue weighted by molar-refractivity contribution is 8.02. The fourth-order valence-corrected chi connectivity index (χ4v) is 4.56. The van der Waals surface area contributed by atoms with Gasteiger partial charge in [0.15, 0.2) is 8.68 Å². The van der Waals surface area contributed by atoms with E-state index in [4.69, 9.17) is 5.73 Å². The number of nitrogens with zero attached hydrogens (tertiary/aromatic N) is 2. The van der Waals surface area contributed by atoms with Crippen LogP contribution < -0.4 is 5.73 Å². The third-order valence-corrected chi connectivity index (χ3v) is 6.12. The maximum absolute atomic E-state index is 5.38. The SMILES string of the molecule is CSc1nnc(SCc2sccc2C#CCN)s1. The van der Waals surface area contributed by atoms with E-state index in [1.54, 1.807) is 46.2 Å². The first-order chi connectivity index (χ1) is 8.83. The van der Waals surface area contributed by atoms with Crippen molar-refractivity contribution in [3.8, 4) is 11.8 Å². The van der Waals surface area contributed by atoms with Crippen molar-refractivity contribution in [2.24, 2.45) is 5.73 Å². The Morgan fingerprint density at radius 1 is 1.39 bits per heavy atom. The molecular weight excluding hydrogens is 302 g/mol. The van der Waals surface area contributed by atoms with Gasteiger partial charge in [-0.2, -0.15) is 0 Å². The van der Waals surface area contributed by atoms with E-state index in [0.717, 1.165) is 20.0 Å². The van der Waals surface area contributed by atoms with Crippen LogP contribution in [-0.2, 0) is 5.75 Å². The fourth-order valence-electron chi connectivity index (χ4n) is 1.18. The summed E-state index contributed by atoms with van der Waals surface area (Å²) >= 11 is 6.68. The quantitative estimate of drug-likeness (QED) is 0.695. The Kier molecular flexibility index (Phi) is 5.53. The summed E-state index contributed by atoms with van der Waals surface area (Å²) in [7, 11) is 0. The highest BCUT2D eigenvalue weighted by Gasteiger charge is 2.07. The van der Waals surface area contributed by atoms with E-state index < -0.39 is 0 Å². The molecule has 0 saturated carbocycles. The van der Waals surface area contributed by atoms with Gasteiger partial charge in [-0.05, 0) is 17.7 Å². The second-order valence-corrected chi connectivity index (χ2v) is 7.34. The number of aromatic nitrogens is 2. The molecule has 18 heavy (non-hydrogen) atoms. The monoisotopic (exact) mass is 313 g/mol. The summed E-state index contributed by atoms with van der Waals surface area (Å²) in [5, 5.41) is 10.3. The Morgan fingerprint density at radius 2 is 2.22 bits per heavy atom. The van der Waals surface area contributed by atoms with Gasteiger partial charge in [0.1, 0.15) is 0 Å². The van der Waals surface area contributed by atoms with E-state index in [9.17, 15) is 0 Å². The first kappa shape index (κ1) is 13.9. The van der Waals surface area contributed by atoms with Gasteiger partial charge in [-0.15, -0.1) is 21.5 Å². The number of thiophene rings is 1. The molecule has 94 valence electrons. The standard InChI is InChI=1S/C11H11N3S4/c1-15-10-13-14-11(18-10)17-7-9-8(3-2-5-12)4-6-16-9/h4,6H,5,7,12H2,1H3. The number of hydrogen-bond donors (Lipinski definition) is 1. The molecule has 0 aliphatic rings. The average Bonchev–Trinajstić information content (AvgIpc) is 3.02. The minimum Gasteiger partial charge on any atom is -0.320 e. The Hall–Kier alpha value is -0.520. The molecule has 7 heteroatoms. The summed E-state index contributed by atoms with van der Waals surface area (Å²) in [6, 6.07) is 2.04. The summed E-state index contributed by atoms with van der Waals surface area (Å²) < 4.78 is 2.01. The van der Waals surface area contributed by atoms with Crippen LogP contribution in [0, 0.1) is 11.8 Å². The lowest BCUT2D eigenvalue weighted by molar-refractivity contribution is 0.956. The van der Waals surface area contributed by atoms with Crippen molar-refractivity contribution in [1.29, 1.82) is 0 Å². The molecule has 2 heterocycles. The zero-order valence-electron chi connectivity index (χ0n) is 9.67. The van der Waals surface area contributed by atoms with E-state index in [0.29, 0.717) is 6.54 Å². The Labute approximate surface area is 123 Å². The molecule has 0 radical (unpaired) electrons. The van der Waals surface area contributed by atoms with Crippen molar-refractivity contribution < 1.29 is 0 Å². The molecular formula is C11H11N3S4. The second kappa shape index (κ2) is 7.16. The molecule has 0 spiro atoms. The van der Waals surface area contributed by atoms with Gasteiger partial charge in [0.25, 0.3) is 0 Å². The van der Waals surface area contributed by atoms with Crippen LogP contribution in [0.4, 0.5) is 0 Å². The van der Waals surface area contributed by atoms with Gasteiger partial charge in [-0.1, -0.05) is 46.7 Å². The smallest absolute Gasteiger partial charge is 0.175 e. The van der Waals surface area contributed by atoms with Gasteiger partial charge < -0.3 is 5.73 Å². The topological polar surface area (TPSA) is 51.8 Å². The van der Waals surface area contributed by atoms with Crippen molar-refractivity contribution >= 4 is 46.2 Å². The highest BCUT2D eigenvalue weighted by atomic mass is 32.2. The van der Waals surface area contributed by atoms with Crippen LogP contribution in [0.1, 0.15) is 10.4 Å². The molecule has 0 amide bonds. The van der Waals surface area contributed by atoms with Crippen LogP contribution in [0.15, 0.2) is 20.1 Å². The minimum atomic E-state index is 0.399. The number of thioether (sulfide) groups is 2. The van der Waals surface area contributed by atoms with Gasteiger partial charge in [-0.3, -0.25) is 0 Å². The number of nitrogens with two attached hydrogens (primary N) is 1. The molecule has 0 aromatic carbocycles. The molecule has 0 saturated heterocycles. The van der Waals surface area contributed by atoms with Crippen LogP contribution in [-0.4, -0.2) is 23.0 Å². The molecule has 2 rings (SSSR count). The van der Waals surface area contributed by atoms with Crippen molar-refractivity contribution in [2.75, 3.05) is 12.8 Å². The summed E-state index contributed by atoms with van der Waals surface area (Å²) in [6.45, 7) is 0.399. The largest absolute Gasteiger partial charge is 0.320 e. The fraction of sp³-hybridized carbons (Fsp3) is 0.273. The maximum Gasteiger partial charge on any atom is 0.175 e. The van der Waals surface area contributed by atoms with Gasteiger partial charge in [0.05, 0.1) is 6.54 Å². The summed E-state index contributed by atoms with van der Waals surface area (Å²) in [4.78, 5) is 1.27.